The molecule has 0 aliphatic carbocycles. The van der Waals surface area contributed by atoms with E-state index in [0.717, 1.165) is 77.6 Å². The predicted octanol–water partition coefficient (Wildman–Crippen LogP) is 0.973. The highest BCUT2D eigenvalue weighted by Gasteiger charge is 2.27. The van der Waals surface area contributed by atoms with Gasteiger partial charge in [-0.15, -0.1) is 0 Å². The lowest BCUT2D eigenvalue weighted by Gasteiger charge is -2.32. The molecule has 3 N–H and O–H groups in total. The Morgan fingerprint density at radius 1 is 1.29 bits per heavy atom. The van der Waals surface area contributed by atoms with Crippen LogP contribution in [0.5, 0.6) is 0 Å². The minimum absolute atomic E-state index is 0.0305. The fourth-order valence-electron chi connectivity index (χ4n) is 3.70. The van der Waals surface area contributed by atoms with Crippen molar-refractivity contribution in [2.45, 2.75) is 26.2 Å². The molecule has 3 heterocycles. The van der Waals surface area contributed by atoms with Crippen LogP contribution in [0.4, 0.5) is 17.3 Å². The number of carbonyl (C=O) groups excluding carboxylic acids is 1. The monoisotopic (exact) mass is 392 g/mol. The number of nitrogens with one attached hydrogen (secondary N) is 1. The van der Waals surface area contributed by atoms with Gasteiger partial charge in [0.2, 0.25) is 0 Å². The second-order valence-corrected chi connectivity index (χ2v) is 7.21. The Labute approximate surface area is 166 Å². The third-order valence-corrected chi connectivity index (χ3v) is 5.32. The van der Waals surface area contributed by atoms with Gasteiger partial charge in [-0.05, 0) is 32.7 Å². The number of aromatic nitrogens is 2. The van der Waals surface area contributed by atoms with Gasteiger partial charge in [0.05, 0.1) is 25.7 Å². The Morgan fingerprint density at radius 3 is 2.75 bits per heavy atom. The summed E-state index contributed by atoms with van der Waals surface area (Å²) in [5, 5.41) is 3.34. The number of piperidine rings is 1. The Kier molecular flexibility index (Phi) is 7.67. The van der Waals surface area contributed by atoms with Crippen LogP contribution in [0.3, 0.4) is 0 Å². The van der Waals surface area contributed by atoms with E-state index in [1.807, 2.05) is 6.92 Å². The smallest absolute Gasteiger partial charge is 0.309 e. The molecule has 2 aliphatic rings. The van der Waals surface area contributed by atoms with Gasteiger partial charge in [0.25, 0.3) is 0 Å². The van der Waals surface area contributed by atoms with Crippen LogP contribution in [0.1, 0.15) is 26.2 Å². The molecule has 0 aromatic carbocycles. The van der Waals surface area contributed by atoms with E-state index >= 15 is 0 Å². The molecule has 0 unspecified atom stereocenters. The lowest BCUT2D eigenvalue weighted by Crippen LogP contribution is -2.38. The van der Waals surface area contributed by atoms with Crippen LogP contribution in [0.2, 0.25) is 0 Å². The molecule has 0 amide bonds. The van der Waals surface area contributed by atoms with E-state index in [0.29, 0.717) is 18.1 Å². The number of hydrogen-bond acceptors (Lipinski definition) is 9. The van der Waals surface area contributed by atoms with Crippen molar-refractivity contribution in [3.8, 4) is 0 Å². The molecule has 0 atom stereocenters. The van der Waals surface area contributed by atoms with E-state index in [4.69, 9.17) is 15.2 Å². The maximum Gasteiger partial charge on any atom is 0.309 e. The van der Waals surface area contributed by atoms with E-state index in [-0.39, 0.29) is 11.9 Å². The van der Waals surface area contributed by atoms with Crippen molar-refractivity contribution in [2.75, 3.05) is 75.0 Å². The molecule has 3 rings (SSSR count). The molecule has 156 valence electrons. The first-order valence-electron chi connectivity index (χ1n) is 10.2. The summed E-state index contributed by atoms with van der Waals surface area (Å²) in [4.78, 5) is 25.1. The summed E-state index contributed by atoms with van der Waals surface area (Å²) in [5.74, 6) is 1.30. The van der Waals surface area contributed by atoms with Gasteiger partial charge < -0.3 is 25.4 Å². The SMILES string of the molecule is CCOC(=O)C1CCN(c2ncnc(NCCCN3CCOCC3)c2N)CC1. The number of nitrogens with zero attached hydrogens (tertiary/aromatic N) is 4. The first kappa shape index (κ1) is 20.6. The summed E-state index contributed by atoms with van der Waals surface area (Å²) >= 11 is 0. The topological polar surface area (TPSA) is 106 Å². The Balaban J connectivity index is 1.48. The van der Waals surface area contributed by atoms with Crippen LogP contribution in [0.15, 0.2) is 6.33 Å². The molecule has 9 heteroatoms. The highest BCUT2D eigenvalue weighted by molar-refractivity contribution is 5.76. The van der Waals surface area contributed by atoms with Gasteiger partial charge in [-0.3, -0.25) is 9.69 Å². The molecule has 2 aliphatic heterocycles. The van der Waals surface area contributed by atoms with Crippen molar-refractivity contribution in [3.63, 3.8) is 0 Å². The number of morpholine rings is 1. The van der Waals surface area contributed by atoms with Gasteiger partial charge in [-0.25, -0.2) is 9.97 Å². The molecule has 28 heavy (non-hydrogen) atoms. The summed E-state index contributed by atoms with van der Waals surface area (Å²) in [5.41, 5.74) is 6.91. The van der Waals surface area contributed by atoms with Gasteiger partial charge in [-0.2, -0.15) is 0 Å². The summed E-state index contributed by atoms with van der Waals surface area (Å²) < 4.78 is 10.5. The fourth-order valence-corrected chi connectivity index (χ4v) is 3.70. The molecule has 0 radical (unpaired) electrons. The normalized spacial score (nSPS) is 18.8. The number of carbonyl (C=O) groups is 1. The summed E-state index contributed by atoms with van der Waals surface area (Å²) in [7, 11) is 0. The summed E-state index contributed by atoms with van der Waals surface area (Å²) in [6, 6.07) is 0. The van der Waals surface area contributed by atoms with Crippen LogP contribution >= 0.6 is 0 Å². The highest BCUT2D eigenvalue weighted by atomic mass is 16.5. The molecule has 1 aromatic heterocycles. The van der Waals surface area contributed by atoms with Crippen molar-refractivity contribution in [1.29, 1.82) is 0 Å². The molecule has 0 spiro atoms. The maximum atomic E-state index is 11.9. The Bertz CT molecular complexity index is 630. The van der Waals surface area contributed by atoms with Gasteiger partial charge in [-0.1, -0.05) is 0 Å². The summed E-state index contributed by atoms with van der Waals surface area (Å²) in [6.07, 6.45) is 4.08. The average Bonchev–Trinajstić information content (AvgIpc) is 2.73. The van der Waals surface area contributed by atoms with Crippen molar-refractivity contribution in [1.82, 2.24) is 14.9 Å². The fraction of sp³-hybridized carbons (Fsp3) is 0.737. The average molecular weight is 393 g/mol. The zero-order chi connectivity index (χ0) is 19.8. The molecule has 0 saturated carbocycles. The standard InChI is InChI=1S/C19H32N6O3/c1-2-28-19(26)15-4-8-25(9-5-15)18-16(20)17(22-14-23-18)21-6-3-7-24-10-12-27-13-11-24/h14-15H,2-13,20H2,1H3,(H,21,22,23). The van der Waals surface area contributed by atoms with Crippen molar-refractivity contribution < 1.29 is 14.3 Å². The first-order chi connectivity index (χ1) is 13.7. The van der Waals surface area contributed by atoms with E-state index in [2.05, 4.69) is 25.1 Å². The van der Waals surface area contributed by atoms with Crippen LogP contribution < -0.4 is 16.0 Å². The summed E-state index contributed by atoms with van der Waals surface area (Å²) in [6.45, 7) is 9.23. The van der Waals surface area contributed by atoms with E-state index in [1.165, 1.54) is 0 Å². The quantitative estimate of drug-likeness (QED) is 0.494. The molecule has 0 bridgehead atoms. The number of rotatable bonds is 8. The number of nitrogens with two attached hydrogens (primary N) is 1. The van der Waals surface area contributed by atoms with Gasteiger partial charge in [0.15, 0.2) is 11.6 Å². The number of esters is 1. The maximum absolute atomic E-state index is 11.9. The molecular formula is C19H32N6O3. The Morgan fingerprint density at radius 2 is 2.04 bits per heavy atom. The van der Waals surface area contributed by atoms with Crippen LogP contribution in [0.25, 0.3) is 0 Å². The minimum atomic E-state index is -0.0968. The van der Waals surface area contributed by atoms with Crippen LogP contribution in [-0.4, -0.2) is 79.9 Å². The number of nitrogen functional groups attached to an aromatic ring is 1. The van der Waals surface area contributed by atoms with Gasteiger partial charge >= 0.3 is 5.97 Å². The van der Waals surface area contributed by atoms with Crippen molar-refractivity contribution in [2.24, 2.45) is 5.92 Å². The number of hydrogen-bond donors (Lipinski definition) is 2. The number of anilines is 3. The van der Waals surface area contributed by atoms with Gasteiger partial charge in [0, 0.05) is 32.7 Å². The first-order valence-corrected chi connectivity index (χ1v) is 10.2. The zero-order valence-corrected chi connectivity index (χ0v) is 16.7. The van der Waals surface area contributed by atoms with Crippen molar-refractivity contribution >= 4 is 23.3 Å². The van der Waals surface area contributed by atoms with Crippen LogP contribution in [-0.2, 0) is 14.3 Å². The van der Waals surface area contributed by atoms with E-state index < -0.39 is 0 Å². The highest BCUT2D eigenvalue weighted by Crippen LogP contribution is 2.30. The minimum Gasteiger partial charge on any atom is -0.466 e. The molecule has 2 fully saturated rings. The van der Waals surface area contributed by atoms with Crippen molar-refractivity contribution in [3.05, 3.63) is 6.33 Å². The molecule has 1 aromatic rings. The third-order valence-electron chi connectivity index (χ3n) is 5.32. The zero-order valence-electron chi connectivity index (χ0n) is 16.7. The van der Waals surface area contributed by atoms with Crippen LogP contribution in [0, 0.1) is 5.92 Å². The third kappa shape index (κ3) is 5.45. The van der Waals surface area contributed by atoms with Gasteiger partial charge in [0.1, 0.15) is 12.0 Å². The van der Waals surface area contributed by atoms with E-state index in [1.54, 1.807) is 6.33 Å². The largest absolute Gasteiger partial charge is 0.466 e. The molecule has 9 nitrogen and oxygen atoms in total. The second-order valence-electron chi connectivity index (χ2n) is 7.21. The molecule has 2 saturated heterocycles. The lowest BCUT2D eigenvalue weighted by molar-refractivity contribution is -0.148. The number of ether oxygens (including phenoxy) is 2. The Hall–Kier alpha value is -2.13. The lowest BCUT2D eigenvalue weighted by atomic mass is 9.97. The van der Waals surface area contributed by atoms with E-state index in [9.17, 15) is 4.79 Å². The molecular weight excluding hydrogens is 360 g/mol. The second kappa shape index (κ2) is 10.4. The predicted molar refractivity (Wildman–Crippen MR) is 108 cm³/mol.